The number of benzene rings is 3. The first kappa shape index (κ1) is 20.7. The molecule has 0 amide bonds. The molecule has 0 aliphatic carbocycles. The molecule has 0 bridgehead atoms. The molecule has 4 heteroatoms. The highest BCUT2D eigenvalue weighted by Crippen LogP contribution is 2.30. The predicted molar refractivity (Wildman–Crippen MR) is 114 cm³/mol. The minimum atomic E-state index is -1.08. The van der Waals surface area contributed by atoms with Crippen LogP contribution in [0.25, 0.3) is 0 Å². The lowest BCUT2D eigenvalue weighted by Crippen LogP contribution is -2.39. The maximum atomic E-state index is 11.5. The van der Waals surface area contributed by atoms with Crippen molar-refractivity contribution in [3.8, 4) is 0 Å². The molecule has 3 aromatic carbocycles. The maximum Gasteiger partial charge on any atom is 0.127 e. The number of aliphatic hydroxyl groups is 1. The monoisotopic (exact) mass is 431 g/mol. The van der Waals surface area contributed by atoms with Crippen molar-refractivity contribution in [2.45, 2.75) is 19.1 Å². The van der Waals surface area contributed by atoms with Gasteiger partial charge in [0.15, 0.2) is 0 Å². The predicted octanol–water partition coefficient (Wildman–Crippen LogP) is 5.21. The lowest BCUT2D eigenvalue weighted by molar-refractivity contribution is 0.0796. The minimum Gasteiger partial charge on any atom is -0.379 e. The third kappa shape index (κ3) is 4.95. The molecular formula is C22H23BrClNO. The highest BCUT2D eigenvalue weighted by molar-refractivity contribution is 9.10. The Morgan fingerprint density at radius 1 is 0.846 bits per heavy atom. The first-order chi connectivity index (χ1) is 12.1. The summed E-state index contributed by atoms with van der Waals surface area (Å²) in [5.74, 6) is 0. The summed E-state index contributed by atoms with van der Waals surface area (Å²) < 4.78 is 1.000. The molecule has 0 heterocycles. The second-order valence-electron chi connectivity index (χ2n) is 6.32. The van der Waals surface area contributed by atoms with Crippen LogP contribution in [0.4, 0.5) is 0 Å². The van der Waals surface area contributed by atoms with E-state index < -0.39 is 5.60 Å². The quantitative estimate of drug-likeness (QED) is 0.561. The largest absolute Gasteiger partial charge is 0.379 e. The van der Waals surface area contributed by atoms with Crippen molar-refractivity contribution in [2.24, 2.45) is 0 Å². The van der Waals surface area contributed by atoms with Gasteiger partial charge in [-0.05, 0) is 35.7 Å². The van der Waals surface area contributed by atoms with Crippen LogP contribution in [0.1, 0.15) is 22.3 Å². The van der Waals surface area contributed by atoms with E-state index in [0.29, 0.717) is 13.1 Å². The van der Waals surface area contributed by atoms with Crippen molar-refractivity contribution in [1.29, 1.82) is 0 Å². The molecule has 0 fully saturated rings. The van der Waals surface area contributed by atoms with Gasteiger partial charge in [0.05, 0.1) is 0 Å². The molecule has 26 heavy (non-hydrogen) atoms. The summed E-state index contributed by atoms with van der Waals surface area (Å²) in [6, 6.07) is 26.2. The van der Waals surface area contributed by atoms with Crippen LogP contribution in [0.5, 0.6) is 0 Å². The second kappa shape index (κ2) is 9.33. The van der Waals surface area contributed by atoms with Gasteiger partial charge in [0.2, 0.25) is 0 Å². The molecule has 3 rings (SSSR count). The van der Waals surface area contributed by atoms with Gasteiger partial charge >= 0.3 is 0 Å². The van der Waals surface area contributed by atoms with Gasteiger partial charge < -0.3 is 10.4 Å². The van der Waals surface area contributed by atoms with Crippen LogP contribution >= 0.6 is 28.3 Å². The molecule has 0 aliphatic rings. The van der Waals surface area contributed by atoms with Crippen molar-refractivity contribution in [1.82, 2.24) is 5.32 Å². The van der Waals surface area contributed by atoms with Crippen LogP contribution < -0.4 is 5.32 Å². The summed E-state index contributed by atoms with van der Waals surface area (Å²) >= 11 is 3.46. The zero-order valence-electron chi connectivity index (χ0n) is 14.7. The fourth-order valence-corrected chi connectivity index (χ4v) is 3.17. The summed E-state index contributed by atoms with van der Waals surface area (Å²) in [4.78, 5) is 0. The highest BCUT2D eigenvalue weighted by Gasteiger charge is 2.31. The lowest BCUT2D eigenvalue weighted by atomic mass is 9.86. The van der Waals surface area contributed by atoms with E-state index >= 15 is 0 Å². The zero-order valence-corrected chi connectivity index (χ0v) is 17.1. The molecule has 0 aromatic heterocycles. The van der Waals surface area contributed by atoms with Gasteiger partial charge in [-0.3, -0.25) is 0 Å². The molecule has 136 valence electrons. The Balaban J connectivity index is 0.00000243. The average Bonchev–Trinajstić information content (AvgIpc) is 2.63. The number of nitrogens with one attached hydrogen (secondary N) is 1. The van der Waals surface area contributed by atoms with Crippen molar-refractivity contribution in [3.05, 3.63) is 106 Å². The topological polar surface area (TPSA) is 32.3 Å². The van der Waals surface area contributed by atoms with Gasteiger partial charge in [-0.1, -0.05) is 88.2 Å². The fraction of sp³-hybridized carbons (Fsp3) is 0.182. The van der Waals surface area contributed by atoms with Crippen LogP contribution in [0.15, 0.2) is 83.3 Å². The summed E-state index contributed by atoms with van der Waals surface area (Å²) in [6.07, 6.45) is 0. The van der Waals surface area contributed by atoms with Gasteiger partial charge in [-0.25, -0.2) is 0 Å². The highest BCUT2D eigenvalue weighted by atomic mass is 79.9. The molecule has 1 atom stereocenters. The van der Waals surface area contributed by atoms with Gasteiger partial charge in [0.1, 0.15) is 5.60 Å². The molecule has 2 nitrogen and oxygen atoms in total. The second-order valence-corrected chi connectivity index (χ2v) is 7.24. The molecule has 0 saturated heterocycles. The van der Waals surface area contributed by atoms with E-state index in [1.807, 2.05) is 66.7 Å². The van der Waals surface area contributed by atoms with Gasteiger partial charge in [0.25, 0.3) is 0 Å². The fourth-order valence-electron chi connectivity index (χ4n) is 2.91. The van der Waals surface area contributed by atoms with E-state index in [-0.39, 0.29) is 12.4 Å². The third-order valence-corrected chi connectivity index (χ3v) is 4.93. The third-order valence-electron chi connectivity index (χ3n) is 4.40. The Bertz CT molecular complexity index is 758. The van der Waals surface area contributed by atoms with Crippen molar-refractivity contribution in [3.63, 3.8) is 0 Å². The molecule has 3 aromatic rings. The average molecular weight is 433 g/mol. The van der Waals surface area contributed by atoms with Crippen LogP contribution in [0, 0.1) is 6.92 Å². The molecule has 0 radical (unpaired) electrons. The number of hydrogen-bond donors (Lipinski definition) is 2. The van der Waals surface area contributed by atoms with Gasteiger partial charge in [-0.2, -0.15) is 0 Å². The Morgan fingerprint density at radius 3 is 1.96 bits per heavy atom. The summed E-state index contributed by atoms with van der Waals surface area (Å²) in [5.41, 5.74) is 3.06. The summed E-state index contributed by atoms with van der Waals surface area (Å²) in [7, 11) is 0. The first-order valence-corrected chi connectivity index (χ1v) is 9.17. The standard InChI is InChI=1S/C22H22BrNO.ClH/c1-17-7-9-19(10-8-17)22(25,20-11-13-21(23)14-12-20)16-24-15-18-5-3-2-4-6-18;/h2-14,24-25H,15-16H2,1H3;1H. The van der Waals surface area contributed by atoms with E-state index in [2.05, 4.69) is 40.3 Å². The Morgan fingerprint density at radius 2 is 1.38 bits per heavy atom. The van der Waals surface area contributed by atoms with E-state index in [0.717, 1.165) is 15.6 Å². The van der Waals surface area contributed by atoms with Crippen molar-refractivity contribution < 1.29 is 5.11 Å². The number of aryl methyl sites for hydroxylation is 1. The van der Waals surface area contributed by atoms with Crippen molar-refractivity contribution >= 4 is 28.3 Å². The van der Waals surface area contributed by atoms with E-state index in [4.69, 9.17) is 0 Å². The Hall–Kier alpha value is -1.65. The Labute approximate surface area is 169 Å². The van der Waals surface area contributed by atoms with Gasteiger partial charge in [-0.15, -0.1) is 12.4 Å². The SMILES string of the molecule is Cc1ccc(C(O)(CNCc2ccccc2)c2ccc(Br)cc2)cc1.Cl. The van der Waals surface area contributed by atoms with E-state index in [9.17, 15) is 5.11 Å². The molecule has 0 aliphatic heterocycles. The lowest BCUT2D eigenvalue weighted by Gasteiger charge is -2.30. The van der Waals surface area contributed by atoms with E-state index in [1.54, 1.807) is 0 Å². The number of halogens is 2. The number of hydrogen-bond acceptors (Lipinski definition) is 2. The molecule has 0 saturated carbocycles. The van der Waals surface area contributed by atoms with Crippen LogP contribution in [0.2, 0.25) is 0 Å². The maximum absolute atomic E-state index is 11.5. The molecule has 2 N–H and O–H groups in total. The molecule has 0 spiro atoms. The minimum absolute atomic E-state index is 0. The summed E-state index contributed by atoms with van der Waals surface area (Å²) in [5, 5.41) is 14.9. The summed E-state index contributed by atoms with van der Waals surface area (Å²) in [6.45, 7) is 3.20. The van der Waals surface area contributed by atoms with Crippen LogP contribution in [-0.4, -0.2) is 11.7 Å². The number of rotatable bonds is 6. The molecular weight excluding hydrogens is 410 g/mol. The van der Waals surface area contributed by atoms with E-state index in [1.165, 1.54) is 11.1 Å². The smallest absolute Gasteiger partial charge is 0.127 e. The molecule has 1 unspecified atom stereocenters. The van der Waals surface area contributed by atoms with Crippen LogP contribution in [-0.2, 0) is 12.1 Å². The van der Waals surface area contributed by atoms with Gasteiger partial charge in [0, 0.05) is 17.6 Å². The Kier molecular flexibility index (Phi) is 7.42. The first-order valence-electron chi connectivity index (χ1n) is 8.38. The van der Waals surface area contributed by atoms with Crippen LogP contribution in [0.3, 0.4) is 0 Å². The van der Waals surface area contributed by atoms with Crippen molar-refractivity contribution in [2.75, 3.05) is 6.54 Å². The zero-order chi connectivity index (χ0) is 17.7. The normalized spacial score (nSPS) is 12.9.